The Balaban J connectivity index is 1.75. The van der Waals surface area contributed by atoms with Gasteiger partial charge in [0.15, 0.2) is 17.7 Å². The van der Waals surface area contributed by atoms with Crippen molar-refractivity contribution in [1.82, 2.24) is 5.32 Å². The van der Waals surface area contributed by atoms with E-state index in [0.717, 1.165) is 12.1 Å². The lowest BCUT2D eigenvalue weighted by atomic mass is 10.2. The number of halogens is 2. The van der Waals surface area contributed by atoms with Crippen molar-refractivity contribution in [1.29, 1.82) is 0 Å². The third-order valence-corrected chi connectivity index (χ3v) is 3.07. The topological polar surface area (TPSA) is 58.6 Å². The molecule has 2 unspecified atom stereocenters. The van der Waals surface area contributed by atoms with Crippen LogP contribution in [-0.2, 0) is 16.1 Å². The van der Waals surface area contributed by atoms with Gasteiger partial charge in [-0.05, 0) is 30.5 Å². The molecule has 2 atom stereocenters. The van der Waals surface area contributed by atoms with Crippen molar-refractivity contribution in [2.75, 3.05) is 6.54 Å². The van der Waals surface area contributed by atoms with Crippen LogP contribution in [0.4, 0.5) is 8.78 Å². The number of aliphatic carboxylic acids is 1. The predicted octanol–water partition coefficient (Wildman–Crippen LogP) is 1.69. The first-order valence-electron chi connectivity index (χ1n) is 6.09. The molecule has 1 aromatic carbocycles. The highest BCUT2D eigenvalue weighted by Crippen LogP contribution is 2.19. The van der Waals surface area contributed by atoms with E-state index in [1.54, 1.807) is 0 Å². The molecule has 0 saturated carbocycles. The summed E-state index contributed by atoms with van der Waals surface area (Å²) in [5.41, 5.74) is 0.631. The third-order valence-electron chi connectivity index (χ3n) is 3.07. The van der Waals surface area contributed by atoms with Crippen molar-refractivity contribution >= 4 is 5.97 Å². The summed E-state index contributed by atoms with van der Waals surface area (Å²) < 4.78 is 31.0. The number of carbonyl (C=O) groups is 1. The van der Waals surface area contributed by atoms with E-state index in [1.165, 1.54) is 6.07 Å². The van der Waals surface area contributed by atoms with Crippen LogP contribution < -0.4 is 5.32 Å². The summed E-state index contributed by atoms with van der Waals surface area (Å²) >= 11 is 0. The maximum atomic E-state index is 13.0. The number of rotatable bonds is 5. The Morgan fingerprint density at radius 2 is 2.16 bits per heavy atom. The Kier molecular flexibility index (Phi) is 4.44. The SMILES string of the molecule is O=C(O)C1CCC(CNCc2ccc(F)c(F)c2)O1. The predicted molar refractivity (Wildman–Crippen MR) is 63.6 cm³/mol. The Labute approximate surface area is 109 Å². The number of hydrogen-bond donors (Lipinski definition) is 2. The van der Waals surface area contributed by atoms with Crippen LogP contribution in [0.2, 0.25) is 0 Å². The van der Waals surface area contributed by atoms with Crippen molar-refractivity contribution in [3.63, 3.8) is 0 Å². The summed E-state index contributed by atoms with van der Waals surface area (Å²) in [5.74, 6) is -2.68. The molecule has 0 aromatic heterocycles. The number of benzene rings is 1. The number of nitrogens with one attached hydrogen (secondary N) is 1. The van der Waals surface area contributed by atoms with Gasteiger partial charge in [0.2, 0.25) is 0 Å². The molecule has 0 amide bonds. The van der Waals surface area contributed by atoms with E-state index in [0.29, 0.717) is 31.5 Å². The number of hydrogen-bond acceptors (Lipinski definition) is 3. The van der Waals surface area contributed by atoms with Gasteiger partial charge in [-0.3, -0.25) is 0 Å². The van der Waals surface area contributed by atoms with Crippen LogP contribution in [0.3, 0.4) is 0 Å². The van der Waals surface area contributed by atoms with Crippen molar-refractivity contribution in [3.05, 3.63) is 35.4 Å². The maximum Gasteiger partial charge on any atom is 0.332 e. The van der Waals surface area contributed by atoms with Gasteiger partial charge in [-0.2, -0.15) is 0 Å². The standard InChI is InChI=1S/C13H15F2NO3/c14-10-3-1-8(5-11(10)15)6-16-7-9-2-4-12(19-9)13(17)18/h1,3,5,9,12,16H,2,4,6-7H2,(H,17,18). The molecule has 1 saturated heterocycles. The van der Waals surface area contributed by atoms with Crippen LogP contribution in [0.15, 0.2) is 18.2 Å². The number of carboxylic acids is 1. The lowest BCUT2D eigenvalue weighted by molar-refractivity contribution is -0.149. The van der Waals surface area contributed by atoms with E-state index in [-0.39, 0.29) is 6.10 Å². The minimum Gasteiger partial charge on any atom is -0.479 e. The van der Waals surface area contributed by atoms with E-state index < -0.39 is 23.7 Å². The van der Waals surface area contributed by atoms with E-state index >= 15 is 0 Å². The smallest absolute Gasteiger partial charge is 0.332 e. The molecule has 1 fully saturated rings. The van der Waals surface area contributed by atoms with Crippen LogP contribution >= 0.6 is 0 Å². The molecule has 1 aliphatic rings. The Morgan fingerprint density at radius 3 is 2.79 bits per heavy atom. The second-order valence-electron chi connectivity index (χ2n) is 4.54. The van der Waals surface area contributed by atoms with E-state index in [1.807, 2.05) is 0 Å². The lowest BCUT2D eigenvalue weighted by Crippen LogP contribution is -2.28. The first-order chi connectivity index (χ1) is 9.06. The van der Waals surface area contributed by atoms with Crippen molar-refractivity contribution in [3.8, 4) is 0 Å². The number of carboxylic acid groups (broad SMARTS) is 1. The summed E-state index contributed by atoms with van der Waals surface area (Å²) in [6, 6.07) is 3.72. The zero-order chi connectivity index (χ0) is 13.8. The molecule has 6 heteroatoms. The van der Waals surface area contributed by atoms with Gasteiger partial charge in [-0.25, -0.2) is 13.6 Å². The third kappa shape index (κ3) is 3.71. The van der Waals surface area contributed by atoms with Crippen LogP contribution in [0.1, 0.15) is 18.4 Å². The minimum absolute atomic E-state index is 0.147. The molecule has 1 heterocycles. The molecule has 1 aliphatic heterocycles. The second kappa shape index (κ2) is 6.08. The molecular formula is C13H15F2NO3. The van der Waals surface area contributed by atoms with Gasteiger partial charge in [0.05, 0.1) is 6.10 Å². The van der Waals surface area contributed by atoms with Gasteiger partial charge in [-0.15, -0.1) is 0 Å². The Hall–Kier alpha value is -1.53. The molecule has 1 aromatic rings. The van der Waals surface area contributed by atoms with Crippen LogP contribution in [-0.4, -0.2) is 29.8 Å². The fourth-order valence-electron chi connectivity index (χ4n) is 2.06. The average Bonchev–Trinajstić information content (AvgIpc) is 2.83. The molecule has 104 valence electrons. The van der Waals surface area contributed by atoms with E-state index in [9.17, 15) is 13.6 Å². The molecule has 0 aliphatic carbocycles. The van der Waals surface area contributed by atoms with Gasteiger partial charge in [0.1, 0.15) is 0 Å². The van der Waals surface area contributed by atoms with Crippen LogP contribution in [0.5, 0.6) is 0 Å². The lowest BCUT2D eigenvalue weighted by Gasteiger charge is -2.12. The normalized spacial score (nSPS) is 22.6. The molecule has 2 N–H and O–H groups in total. The molecule has 0 bridgehead atoms. The largest absolute Gasteiger partial charge is 0.479 e. The molecular weight excluding hydrogens is 256 g/mol. The summed E-state index contributed by atoms with van der Waals surface area (Å²) in [6.07, 6.45) is 0.315. The minimum atomic E-state index is -0.942. The van der Waals surface area contributed by atoms with E-state index in [4.69, 9.17) is 9.84 Å². The molecule has 4 nitrogen and oxygen atoms in total. The molecule has 0 spiro atoms. The van der Waals surface area contributed by atoms with Gasteiger partial charge in [-0.1, -0.05) is 6.07 Å². The van der Waals surface area contributed by atoms with E-state index in [2.05, 4.69) is 5.32 Å². The summed E-state index contributed by atoms with van der Waals surface area (Å²) in [7, 11) is 0. The second-order valence-corrected chi connectivity index (χ2v) is 4.54. The molecule has 0 radical (unpaired) electrons. The van der Waals surface area contributed by atoms with Gasteiger partial charge in [0, 0.05) is 13.1 Å². The number of ether oxygens (including phenoxy) is 1. The van der Waals surface area contributed by atoms with Gasteiger partial charge < -0.3 is 15.2 Å². The summed E-state index contributed by atoms with van der Waals surface area (Å²) in [4.78, 5) is 10.7. The van der Waals surface area contributed by atoms with Crippen LogP contribution in [0.25, 0.3) is 0 Å². The summed E-state index contributed by atoms with van der Waals surface area (Å²) in [5, 5.41) is 11.8. The highest BCUT2D eigenvalue weighted by Gasteiger charge is 2.29. The highest BCUT2D eigenvalue weighted by molar-refractivity contribution is 5.72. The fourth-order valence-corrected chi connectivity index (χ4v) is 2.06. The maximum absolute atomic E-state index is 13.0. The van der Waals surface area contributed by atoms with Crippen molar-refractivity contribution in [2.45, 2.75) is 31.6 Å². The van der Waals surface area contributed by atoms with Gasteiger partial charge in [0.25, 0.3) is 0 Å². The van der Waals surface area contributed by atoms with Crippen molar-refractivity contribution < 1.29 is 23.4 Å². The molecule has 19 heavy (non-hydrogen) atoms. The Morgan fingerprint density at radius 1 is 1.37 bits per heavy atom. The summed E-state index contributed by atoms with van der Waals surface area (Å²) in [6.45, 7) is 0.873. The zero-order valence-corrected chi connectivity index (χ0v) is 10.2. The fraction of sp³-hybridized carbons (Fsp3) is 0.462. The van der Waals surface area contributed by atoms with Crippen LogP contribution in [0, 0.1) is 11.6 Å². The average molecular weight is 271 g/mol. The zero-order valence-electron chi connectivity index (χ0n) is 10.2. The first-order valence-corrected chi connectivity index (χ1v) is 6.09. The van der Waals surface area contributed by atoms with Gasteiger partial charge >= 0.3 is 5.97 Å². The Bertz CT molecular complexity index is 467. The highest BCUT2D eigenvalue weighted by atomic mass is 19.2. The quantitative estimate of drug-likeness (QED) is 0.855. The monoisotopic (exact) mass is 271 g/mol. The molecule has 2 rings (SSSR count). The van der Waals surface area contributed by atoms with Crippen molar-refractivity contribution in [2.24, 2.45) is 0 Å². The first kappa shape index (κ1) is 13.9.